The predicted octanol–water partition coefficient (Wildman–Crippen LogP) is 1.48. The minimum Gasteiger partial charge on any atom is -0.465 e. The van der Waals surface area contributed by atoms with Crippen molar-refractivity contribution in [3.63, 3.8) is 0 Å². The third kappa shape index (κ3) is 3.03. The van der Waals surface area contributed by atoms with Gasteiger partial charge >= 0.3 is 11.7 Å². The zero-order valence-electron chi connectivity index (χ0n) is 13.2. The Labute approximate surface area is 127 Å². The Kier molecular flexibility index (Phi) is 4.63. The summed E-state index contributed by atoms with van der Waals surface area (Å²) in [5.74, 6) is -0.816. The van der Waals surface area contributed by atoms with Crippen molar-refractivity contribution in [3.05, 3.63) is 26.4 Å². The molecule has 0 radical (unpaired) electrons. The van der Waals surface area contributed by atoms with Crippen molar-refractivity contribution >= 4 is 17.5 Å². The Bertz CT molecular complexity index is 714. The van der Waals surface area contributed by atoms with Gasteiger partial charge in [0.2, 0.25) is 0 Å². The smallest absolute Gasteiger partial charge is 0.327 e. The highest BCUT2D eigenvalue weighted by atomic mass is 16.5. The molecule has 2 N–H and O–H groups in total. The molecule has 1 aromatic heterocycles. The summed E-state index contributed by atoms with van der Waals surface area (Å²) in [5, 5.41) is 0. The van der Waals surface area contributed by atoms with Crippen LogP contribution in [-0.2, 0) is 9.53 Å². The molecule has 2 heterocycles. The average molecular weight is 307 g/mol. The lowest BCUT2D eigenvalue weighted by Crippen LogP contribution is -2.38. The SMILES string of the molecule is CCOC(=O)C1C(C)=Nc2[nH]c(=O)[nH]c(=O)c2C1CC(C)C. The van der Waals surface area contributed by atoms with E-state index in [0.29, 0.717) is 17.7 Å². The molecule has 2 unspecified atom stereocenters. The predicted molar refractivity (Wildman–Crippen MR) is 82.8 cm³/mol. The van der Waals surface area contributed by atoms with E-state index in [2.05, 4.69) is 15.0 Å². The number of H-pyrrole nitrogens is 2. The molecule has 2 rings (SSSR count). The second-order valence-electron chi connectivity index (χ2n) is 5.89. The fourth-order valence-corrected chi connectivity index (χ4v) is 2.95. The number of esters is 1. The van der Waals surface area contributed by atoms with Crippen LogP contribution >= 0.6 is 0 Å². The summed E-state index contributed by atoms with van der Waals surface area (Å²) >= 11 is 0. The molecule has 7 nitrogen and oxygen atoms in total. The van der Waals surface area contributed by atoms with Crippen molar-refractivity contribution in [3.8, 4) is 0 Å². The molecule has 1 aliphatic rings. The Balaban J connectivity index is 2.61. The number of ether oxygens (including phenoxy) is 1. The van der Waals surface area contributed by atoms with Crippen molar-refractivity contribution in [2.75, 3.05) is 6.61 Å². The molecule has 1 aliphatic heterocycles. The van der Waals surface area contributed by atoms with Gasteiger partial charge in [-0.05, 0) is 26.2 Å². The van der Waals surface area contributed by atoms with Crippen molar-refractivity contribution in [2.45, 2.75) is 40.0 Å². The quantitative estimate of drug-likeness (QED) is 0.822. The molecule has 0 saturated carbocycles. The Morgan fingerprint density at radius 2 is 2.00 bits per heavy atom. The van der Waals surface area contributed by atoms with Crippen molar-refractivity contribution < 1.29 is 9.53 Å². The lowest BCUT2D eigenvalue weighted by atomic mass is 9.77. The third-order valence-corrected chi connectivity index (χ3v) is 3.74. The molecule has 0 saturated heterocycles. The first-order chi connectivity index (χ1) is 10.3. The normalized spacial score (nSPS) is 20.5. The fraction of sp³-hybridized carbons (Fsp3) is 0.600. The number of fused-ring (bicyclic) bond motifs is 1. The number of carbonyl (C=O) groups excluding carboxylic acids is 1. The van der Waals surface area contributed by atoms with Gasteiger partial charge in [-0.1, -0.05) is 13.8 Å². The number of aromatic nitrogens is 2. The molecule has 0 bridgehead atoms. The first-order valence-electron chi connectivity index (χ1n) is 7.43. The average Bonchev–Trinajstić information content (AvgIpc) is 2.36. The Morgan fingerprint density at radius 3 is 2.59 bits per heavy atom. The standard InChI is InChI=1S/C15H21N3O4/c1-5-22-14(20)10-8(4)16-12-11(9(10)6-7(2)3)13(19)18-15(21)17-12/h7,9-10H,5-6H2,1-4H3,(H2,17,18,19,21). The van der Waals surface area contributed by atoms with E-state index in [1.165, 1.54) is 0 Å². The number of aromatic amines is 2. The van der Waals surface area contributed by atoms with Gasteiger partial charge in [0.05, 0.1) is 12.2 Å². The van der Waals surface area contributed by atoms with E-state index in [0.717, 1.165) is 0 Å². The summed E-state index contributed by atoms with van der Waals surface area (Å²) in [5.41, 5.74) is -0.178. The van der Waals surface area contributed by atoms with Gasteiger partial charge in [-0.25, -0.2) is 9.79 Å². The highest BCUT2D eigenvalue weighted by Gasteiger charge is 2.39. The van der Waals surface area contributed by atoms with E-state index in [1.807, 2.05) is 13.8 Å². The van der Waals surface area contributed by atoms with Crippen LogP contribution in [0.3, 0.4) is 0 Å². The zero-order chi connectivity index (χ0) is 16.4. The number of nitrogens with zero attached hydrogens (tertiary/aromatic N) is 1. The number of nitrogens with one attached hydrogen (secondary N) is 2. The van der Waals surface area contributed by atoms with Crippen LogP contribution in [0, 0.1) is 11.8 Å². The minimum atomic E-state index is -0.599. The summed E-state index contributed by atoms with van der Waals surface area (Å²) in [7, 11) is 0. The molecule has 1 aromatic rings. The summed E-state index contributed by atoms with van der Waals surface area (Å²) in [6, 6.07) is 0. The van der Waals surface area contributed by atoms with Gasteiger partial charge in [0.1, 0.15) is 11.7 Å². The fourth-order valence-electron chi connectivity index (χ4n) is 2.95. The van der Waals surface area contributed by atoms with Crippen LogP contribution in [0.25, 0.3) is 0 Å². The molecule has 0 spiro atoms. The molecule has 0 aliphatic carbocycles. The maximum atomic E-state index is 12.3. The number of hydrogen-bond acceptors (Lipinski definition) is 5. The van der Waals surface area contributed by atoms with E-state index in [1.54, 1.807) is 13.8 Å². The highest BCUT2D eigenvalue weighted by Crippen LogP contribution is 2.38. The molecule has 0 aromatic carbocycles. The van der Waals surface area contributed by atoms with Crippen LogP contribution in [0.1, 0.15) is 45.6 Å². The van der Waals surface area contributed by atoms with Gasteiger partial charge in [-0.15, -0.1) is 0 Å². The maximum Gasteiger partial charge on any atom is 0.327 e. The first-order valence-corrected chi connectivity index (χ1v) is 7.43. The summed E-state index contributed by atoms with van der Waals surface area (Å²) in [6.45, 7) is 7.76. The Hall–Kier alpha value is -2.18. The molecule has 7 heteroatoms. The van der Waals surface area contributed by atoms with Gasteiger partial charge in [-0.2, -0.15) is 0 Å². The van der Waals surface area contributed by atoms with Gasteiger partial charge in [0.15, 0.2) is 0 Å². The third-order valence-electron chi connectivity index (χ3n) is 3.74. The van der Waals surface area contributed by atoms with E-state index in [4.69, 9.17) is 4.74 Å². The summed E-state index contributed by atoms with van der Waals surface area (Å²) < 4.78 is 5.14. The van der Waals surface area contributed by atoms with Gasteiger partial charge in [-0.3, -0.25) is 19.6 Å². The van der Waals surface area contributed by atoms with Crippen LogP contribution in [0.4, 0.5) is 5.82 Å². The summed E-state index contributed by atoms with van der Waals surface area (Å²) in [4.78, 5) is 45.0. The lowest BCUT2D eigenvalue weighted by molar-refractivity contribution is -0.146. The highest BCUT2D eigenvalue weighted by molar-refractivity contribution is 6.04. The monoisotopic (exact) mass is 307 g/mol. The van der Waals surface area contributed by atoms with Crippen molar-refractivity contribution in [1.29, 1.82) is 0 Å². The number of carbonyl (C=O) groups is 1. The van der Waals surface area contributed by atoms with E-state index in [-0.39, 0.29) is 30.2 Å². The van der Waals surface area contributed by atoms with Crippen LogP contribution in [-0.4, -0.2) is 28.3 Å². The first kappa shape index (κ1) is 16.2. The second kappa shape index (κ2) is 6.29. The van der Waals surface area contributed by atoms with E-state index in [9.17, 15) is 14.4 Å². The molecule has 0 fully saturated rings. The van der Waals surface area contributed by atoms with Crippen molar-refractivity contribution in [1.82, 2.24) is 9.97 Å². The summed E-state index contributed by atoms with van der Waals surface area (Å²) in [6.07, 6.45) is 0.623. The van der Waals surface area contributed by atoms with Crippen LogP contribution in [0.15, 0.2) is 14.6 Å². The molecule has 22 heavy (non-hydrogen) atoms. The number of rotatable bonds is 4. The van der Waals surface area contributed by atoms with Crippen LogP contribution in [0.5, 0.6) is 0 Å². The van der Waals surface area contributed by atoms with Crippen molar-refractivity contribution in [2.24, 2.45) is 16.8 Å². The number of hydrogen-bond donors (Lipinski definition) is 2. The lowest BCUT2D eigenvalue weighted by Gasteiger charge is -2.30. The molecule has 2 atom stereocenters. The topological polar surface area (TPSA) is 104 Å². The van der Waals surface area contributed by atoms with Gasteiger partial charge in [0, 0.05) is 11.6 Å². The Morgan fingerprint density at radius 1 is 1.32 bits per heavy atom. The molecular weight excluding hydrogens is 286 g/mol. The molecule has 0 amide bonds. The largest absolute Gasteiger partial charge is 0.465 e. The van der Waals surface area contributed by atoms with Crippen LogP contribution in [0.2, 0.25) is 0 Å². The molecular formula is C15H21N3O4. The van der Waals surface area contributed by atoms with E-state index < -0.39 is 17.2 Å². The molecule has 120 valence electrons. The van der Waals surface area contributed by atoms with Gasteiger partial charge in [0.25, 0.3) is 5.56 Å². The number of aliphatic imine (C=N–C) groups is 1. The van der Waals surface area contributed by atoms with E-state index >= 15 is 0 Å². The minimum absolute atomic E-state index is 0.248. The zero-order valence-corrected chi connectivity index (χ0v) is 13.2. The maximum absolute atomic E-state index is 12.3. The van der Waals surface area contributed by atoms with Gasteiger partial charge < -0.3 is 4.74 Å². The van der Waals surface area contributed by atoms with Crippen LogP contribution < -0.4 is 11.2 Å². The second-order valence-corrected chi connectivity index (χ2v) is 5.89.